The maximum absolute atomic E-state index is 13.1. The summed E-state index contributed by atoms with van der Waals surface area (Å²) >= 11 is 0. The van der Waals surface area contributed by atoms with Gasteiger partial charge in [-0.3, -0.25) is 0 Å². The van der Waals surface area contributed by atoms with Crippen molar-refractivity contribution in [2.45, 2.75) is 76.8 Å². The van der Waals surface area contributed by atoms with Gasteiger partial charge in [-0.2, -0.15) is 39.5 Å². The highest BCUT2D eigenvalue weighted by Crippen LogP contribution is 2.55. The standard InChI is InChI=1S/C10H14.C9H9F11/c1-3-4-10-7-5-9(2)6-8-10;1-2-3-4(8(16,17)18)6(12,13)9(19,20)7(14,15)5(10)11/h5-8H,3-4H2,1-2H3;4-5H,2-3H2,1H3. The molecule has 0 aliphatic carbocycles. The molecule has 1 atom stereocenters. The number of hydrogen-bond acceptors (Lipinski definition) is 0. The smallest absolute Gasteiger partial charge is 0.203 e. The lowest BCUT2D eigenvalue weighted by atomic mass is 9.88. The van der Waals surface area contributed by atoms with Crippen molar-refractivity contribution in [3.8, 4) is 0 Å². The second-order valence-corrected chi connectivity index (χ2v) is 6.74. The topological polar surface area (TPSA) is 0 Å². The van der Waals surface area contributed by atoms with Crippen LogP contribution in [0.25, 0.3) is 0 Å². The molecular formula is C19H23F11. The average Bonchev–Trinajstić information content (AvgIpc) is 2.60. The molecule has 0 aromatic heterocycles. The van der Waals surface area contributed by atoms with Gasteiger partial charge < -0.3 is 0 Å². The molecule has 30 heavy (non-hydrogen) atoms. The fraction of sp³-hybridized carbons (Fsp3) is 0.684. The van der Waals surface area contributed by atoms with E-state index in [-0.39, 0.29) is 0 Å². The third kappa shape index (κ3) is 6.73. The number of halogens is 11. The number of benzene rings is 1. The lowest BCUT2D eigenvalue weighted by molar-refractivity contribution is -0.375. The highest BCUT2D eigenvalue weighted by molar-refractivity contribution is 5.21. The Labute approximate surface area is 167 Å². The van der Waals surface area contributed by atoms with Gasteiger partial charge in [-0.05, 0) is 25.3 Å². The van der Waals surface area contributed by atoms with Gasteiger partial charge in [-0.15, -0.1) is 0 Å². The van der Waals surface area contributed by atoms with Gasteiger partial charge >= 0.3 is 30.4 Å². The van der Waals surface area contributed by atoms with E-state index in [9.17, 15) is 48.3 Å². The number of alkyl halides is 11. The van der Waals surface area contributed by atoms with Gasteiger partial charge in [0.25, 0.3) is 0 Å². The lowest BCUT2D eigenvalue weighted by Crippen LogP contribution is -2.62. The van der Waals surface area contributed by atoms with Crippen LogP contribution in [0.15, 0.2) is 24.3 Å². The average molecular weight is 460 g/mol. The number of aryl methyl sites for hydroxylation is 2. The maximum Gasteiger partial charge on any atom is 0.397 e. The van der Waals surface area contributed by atoms with E-state index in [0.717, 1.165) is 6.92 Å². The molecule has 0 heterocycles. The highest BCUT2D eigenvalue weighted by atomic mass is 19.4. The predicted octanol–water partition coefficient (Wildman–Crippen LogP) is 8.08. The van der Waals surface area contributed by atoms with Crippen molar-refractivity contribution in [1.82, 2.24) is 0 Å². The first-order chi connectivity index (χ1) is 13.5. The molecule has 1 aromatic rings. The zero-order chi connectivity index (χ0) is 24.0. The van der Waals surface area contributed by atoms with Crippen LogP contribution in [0, 0.1) is 12.8 Å². The molecule has 0 bridgehead atoms. The van der Waals surface area contributed by atoms with Crippen molar-refractivity contribution < 1.29 is 48.3 Å². The van der Waals surface area contributed by atoms with E-state index < -0.39 is 49.1 Å². The summed E-state index contributed by atoms with van der Waals surface area (Å²) in [4.78, 5) is 0. The summed E-state index contributed by atoms with van der Waals surface area (Å²) in [5.74, 6) is -24.0. The van der Waals surface area contributed by atoms with Crippen LogP contribution in [-0.4, -0.2) is 30.4 Å². The second kappa shape index (κ2) is 10.7. The molecule has 1 rings (SSSR count). The Morgan fingerprint density at radius 3 is 1.53 bits per heavy atom. The summed E-state index contributed by atoms with van der Waals surface area (Å²) in [5.41, 5.74) is 2.80. The number of rotatable bonds is 8. The van der Waals surface area contributed by atoms with Gasteiger partial charge in [0, 0.05) is 0 Å². The summed E-state index contributed by atoms with van der Waals surface area (Å²) in [6, 6.07) is 8.76. The molecule has 0 aliphatic heterocycles. The minimum Gasteiger partial charge on any atom is -0.203 e. The van der Waals surface area contributed by atoms with Crippen molar-refractivity contribution in [3.05, 3.63) is 35.4 Å². The van der Waals surface area contributed by atoms with Gasteiger partial charge in [0.15, 0.2) is 0 Å². The van der Waals surface area contributed by atoms with Crippen molar-refractivity contribution >= 4 is 0 Å². The molecule has 11 heteroatoms. The predicted molar refractivity (Wildman–Crippen MR) is 90.5 cm³/mol. The molecular weight excluding hydrogens is 437 g/mol. The van der Waals surface area contributed by atoms with Gasteiger partial charge in [-0.25, -0.2) is 8.78 Å². The summed E-state index contributed by atoms with van der Waals surface area (Å²) in [6.07, 6.45) is -11.0. The van der Waals surface area contributed by atoms with Gasteiger partial charge in [0.1, 0.15) is 5.92 Å². The van der Waals surface area contributed by atoms with E-state index in [0.29, 0.717) is 0 Å². The van der Waals surface area contributed by atoms with Crippen LogP contribution < -0.4 is 0 Å². The minimum absolute atomic E-state index is 0.684. The van der Waals surface area contributed by atoms with E-state index in [1.54, 1.807) is 0 Å². The van der Waals surface area contributed by atoms with Crippen LogP contribution in [0.2, 0.25) is 0 Å². The third-order valence-corrected chi connectivity index (χ3v) is 4.18. The van der Waals surface area contributed by atoms with Crippen molar-refractivity contribution in [2.24, 2.45) is 5.92 Å². The molecule has 176 valence electrons. The van der Waals surface area contributed by atoms with Crippen LogP contribution in [0.3, 0.4) is 0 Å². The van der Waals surface area contributed by atoms with Crippen LogP contribution >= 0.6 is 0 Å². The lowest BCUT2D eigenvalue weighted by Gasteiger charge is -2.37. The Balaban J connectivity index is 0.000000696. The Morgan fingerprint density at radius 1 is 0.733 bits per heavy atom. The second-order valence-electron chi connectivity index (χ2n) is 6.74. The normalized spacial score (nSPS) is 14.4. The first-order valence-corrected chi connectivity index (χ1v) is 9.00. The largest absolute Gasteiger partial charge is 0.397 e. The Kier molecular flexibility index (Phi) is 10.1. The fourth-order valence-corrected chi connectivity index (χ4v) is 2.46. The van der Waals surface area contributed by atoms with Crippen molar-refractivity contribution in [1.29, 1.82) is 0 Å². The first-order valence-electron chi connectivity index (χ1n) is 9.00. The zero-order valence-corrected chi connectivity index (χ0v) is 16.5. The molecule has 0 amide bonds. The highest BCUT2D eigenvalue weighted by Gasteiger charge is 2.79. The molecule has 0 N–H and O–H groups in total. The first kappa shape index (κ1) is 28.5. The van der Waals surface area contributed by atoms with E-state index in [1.807, 2.05) is 0 Å². The van der Waals surface area contributed by atoms with E-state index >= 15 is 0 Å². The Bertz CT molecular complexity index is 618. The fourth-order valence-electron chi connectivity index (χ4n) is 2.46. The van der Waals surface area contributed by atoms with Gasteiger partial charge in [0.2, 0.25) is 0 Å². The summed E-state index contributed by atoms with van der Waals surface area (Å²) in [6.45, 7) is 5.24. The molecule has 1 aromatic carbocycles. The summed E-state index contributed by atoms with van der Waals surface area (Å²) in [7, 11) is 0. The molecule has 0 fully saturated rings. The van der Waals surface area contributed by atoms with Crippen LogP contribution in [0.5, 0.6) is 0 Å². The third-order valence-electron chi connectivity index (χ3n) is 4.18. The molecule has 0 aliphatic rings. The summed E-state index contributed by atoms with van der Waals surface area (Å²) < 4.78 is 137. The van der Waals surface area contributed by atoms with Crippen molar-refractivity contribution in [2.75, 3.05) is 0 Å². The molecule has 0 saturated heterocycles. The van der Waals surface area contributed by atoms with E-state index in [2.05, 4.69) is 38.1 Å². The molecule has 1 unspecified atom stereocenters. The van der Waals surface area contributed by atoms with Gasteiger partial charge in [-0.1, -0.05) is 56.5 Å². The SMILES string of the molecule is CCCC(C(F)(F)F)C(F)(F)C(F)(F)C(F)(F)C(F)F.CCCc1ccc(C)cc1. The summed E-state index contributed by atoms with van der Waals surface area (Å²) in [5, 5.41) is 0. The molecule has 0 nitrogen and oxygen atoms in total. The van der Waals surface area contributed by atoms with E-state index in [4.69, 9.17) is 0 Å². The molecule has 0 radical (unpaired) electrons. The Hall–Kier alpha value is -1.55. The van der Waals surface area contributed by atoms with Gasteiger partial charge in [0.05, 0.1) is 0 Å². The van der Waals surface area contributed by atoms with Crippen LogP contribution in [-0.2, 0) is 6.42 Å². The quantitative estimate of drug-likeness (QED) is 0.344. The van der Waals surface area contributed by atoms with Crippen molar-refractivity contribution in [3.63, 3.8) is 0 Å². The van der Waals surface area contributed by atoms with Crippen LogP contribution in [0.1, 0.15) is 44.2 Å². The molecule has 0 spiro atoms. The Morgan fingerprint density at radius 2 is 1.20 bits per heavy atom. The zero-order valence-electron chi connectivity index (χ0n) is 16.5. The van der Waals surface area contributed by atoms with E-state index in [1.165, 1.54) is 24.0 Å². The van der Waals surface area contributed by atoms with Crippen LogP contribution in [0.4, 0.5) is 48.3 Å². The number of hydrogen-bond donors (Lipinski definition) is 0. The molecule has 0 saturated carbocycles. The maximum atomic E-state index is 13.1. The minimum atomic E-state index is -6.84. The monoisotopic (exact) mass is 460 g/mol.